The van der Waals surface area contributed by atoms with Crippen LogP contribution in [0.25, 0.3) is 38.8 Å². The summed E-state index contributed by atoms with van der Waals surface area (Å²) < 4.78 is 1.89. The highest BCUT2D eigenvalue weighted by Crippen LogP contribution is 2.36. The van der Waals surface area contributed by atoms with Crippen molar-refractivity contribution >= 4 is 27.6 Å². The lowest BCUT2D eigenvalue weighted by Gasteiger charge is -2.27. The zero-order chi connectivity index (χ0) is 26.2. The maximum Gasteiger partial charge on any atom is 0.163 e. The smallest absolute Gasteiger partial charge is 0.163 e. The number of benzene rings is 2. The molecule has 0 bridgehead atoms. The lowest BCUT2D eigenvalue weighted by Crippen LogP contribution is -2.28. The van der Waals surface area contributed by atoms with Crippen LogP contribution >= 0.6 is 0 Å². The Morgan fingerprint density at radius 1 is 1.03 bits per heavy atom. The zero-order valence-electron chi connectivity index (χ0n) is 21.6. The van der Waals surface area contributed by atoms with Gasteiger partial charge in [0.2, 0.25) is 0 Å². The molecule has 3 heterocycles. The molecule has 0 atom stereocenters. The van der Waals surface area contributed by atoms with Gasteiger partial charge in [0.1, 0.15) is 6.07 Å². The molecular weight excluding hydrogens is 472 g/mol. The predicted octanol–water partition coefficient (Wildman–Crippen LogP) is 6.35. The number of aromatic nitrogens is 4. The number of aliphatic hydroxyl groups excluding tert-OH is 1. The summed E-state index contributed by atoms with van der Waals surface area (Å²) in [5.41, 5.74) is 7.02. The van der Waals surface area contributed by atoms with Crippen LogP contribution in [0.15, 0.2) is 67.0 Å². The number of pyridine rings is 2. The third-order valence-corrected chi connectivity index (χ3v) is 7.47. The number of rotatable bonds is 5. The Labute approximate surface area is 221 Å². The van der Waals surface area contributed by atoms with Gasteiger partial charge in [-0.05, 0) is 73.6 Å². The molecule has 7 heteroatoms. The molecule has 2 N–H and O–H groups in total. The maximum atomic E-state index is 9.89. The van der Waals surface area contributed by atoms with Crippen molar-refractivity contribution in [2.45, 2.75) is 57.6 Å². The number of aliphatic hydroxyl groups is 1. The van der Waals surface area contributed by atoms with Gasteiger partial charge in [0, 0.05) is 29.4 Å². The fourth-order valence-corrected chi connectivity index (χ4v) is 5.43. The molecule has 0 aliphatic heterocycles. The van der Waals surface area contributed by atoms with Crippen molar-refractivity contribution in [3.63, 3.8) is 0 Å². The van der Waals surface area contributed by atoms with Crippen molar-refractivity contribution in [2.75, 3.05) is 5.32 Å². The molecule has 3 aromatic heterocycles. The van der Waals surface area contributed by atoms with Crippen molar-refractivity contribution in [2.24, 2.45) is 0 Å². The van der Waals surface area contributed by atoms with Gasteiger partial charge in [-0.2, -0.15) is 10.4 Å². The Bertz CT molecular complexity index is 1670. The molecule has 0 saturated heterocycles. The van der Waals surface area contributed by atoms with Crippen LogP contribution in [0.4, 0.5) is 5.69 Å². The average Bonchev–Trinajstić information content (AvgIpc) is 3.34. The van der Waals surface area contributed by atoms with E-state index in [9.17, 15) is 10.4 Å². The standard InChI is InChI=1S/C31H30N6O/c1-19(2)30-29-26(22-15-20-5-3-4-6-27(20)34-18-22)13-14-33-31(29)37(36-30)24-10-7-21(17-32)28(16-24)35-23-8-11-25(38)12-9-23/h3-7,10,13-16,18-19,23,25,35,38H,8-9,11-12H2,1-2H3/t23-,25-. The summed E-state index contributed by atoms with van der Waals surface area (Å²) in [4.78, 5) is 9.46. The summed E-state index contributed by atoms with van der Waals surface area (Å²) in [6.07, 6.45) is 6.83. The Balaban J connectivity index is 1.47. The molecule has 5 aromatic rings. The fourth-order valence-electron chi connectivity index (χ4n) is 5.43. The van der Waals surface area contributed by atoms with Gasteiger partial charge < -0.3 is 10.4 Å². The molecule has 1 aliphatic rings. The number of nitrogens with one attached hydrogen (secondary N) is 1. The van der Waals surface area contributed by atoms with Crippen LogP contribution in [0, 0.1) is 11.3 Å². The number of para-hydroxylation sites is 1. The summed E-state index contributed by atoms with van der Waals surface area (Å²) >= 11 is 0. The van der Waals surface area contributed by atoms with Gasteiger partial charge in [0.25, 0.3) is 0 Å². The highest BCUT2D eigenvalue weighted by molar-refractivity contribution is 5.97. The summed E-state index contributed by atoms with van der Waals surface area (Å²) in [6, 6.07) is 20.6. The van der Waals surface area contributed by atoms with E-state index in [1.54, 1.807) is 0 Å². The highest BCUT2D eigenvalue weighted by Gasteiger charge is 2.22. The second-order valence-electron chi connectivity index (χ2n) is 10.4. The van der Waals surface area contributed by atoms with Crippen molar-refractivity contribution < 1.29 is 5.11 Å². The van der Waals surface area contributed by atoms with Gasteiger partial charge in [-0.1, -0.05) is 32.0 Å². The van der Waals surface area contributed by atoms with Crippen LogP contribution in [0.5, 0.6) is 0 Å². The van der Waals surface area contributed by atoms with E-state index in [1.807, 2.05) is 59.5 Å². The van der Waals surface area contributed by atoms with Crippen molar-refractivity contribution in [1.82, 2.24) is 19.7 Å². The van der Waals surface area contributed by atoms with E-state index in [0.29, 0.717) is 5.56 Å². The van der Waals surface area contributed by atoms with Crippen LogP contribution in [-0.4, -0.2) is 37.0 Å². The molecule has 1 aliphatic carbocycles. The van der Waals surface area contributed by atoms with Gasteiger partial charge in [-0.3, -0.25) is 4.98 Å². The van der Waals surface area contributed by atoms with Gasteiger partial charge in [0.05, 0.1) is 39.6 Å². The Morgan fingerprint density at radius 2 is 1.84 bits per heavy atom. The van der Waals surface area contributed by atoms with Crippen molar-refractivity contribution in [3.8, 4) is 22.9 Å². The second kappa shape index (κ2) is 9.88. The number of hydrogen-bond acceptors (Lipinski definition) is 6. The number of nitrogens with zero attached hydrogens (tertiary/aromatic N) is 5. The second-order valence-corrected chi connectivity index (χ2v) is 10.4. The monoisotopic (exact) mass is 502 g/mol. The topological polar surface area (TPSA) is 99.7 Å². The molecule has 7 nitrogen and oxygen atoms in total. The van der Waals surface area contributed by atoms with Gasteiger partial charge >= 0.3 is 0 Å². The minimum Gasteiger partial charge on any atom is -0.393 e. The largest absolute Gasteiger partial charge is 0.393 e. The molecule has 1 saturated carbocycles. The quantitative estimate of drug-likeness (QED) is 0.291. The van der Waals surface area contributed by atoms with E-state index in [-0.39, 0.29) is 18.1 Å². The van der Waals surface area contributed by atoms with Gasteiger partial charge in [-0.15, -0.1) is 0 Å². The molecule has 2 aromatic carbocycles. The molecular formula is C31H30N6O. The number of anilines is 1. The SMILES string of the molecule is CC(C)c1nn(-c2ccc(C#N)c(N[C@H]3CC[C@H](O)CC3)c2)c2nccc(-c3cnc4ccccc4c3)c12. The van der Waals surface area contributed by atoms with Crippen LogP contribution in [0.1, 0.15) is 56.7 Å². The Kier molecular flexibility index (Phi) is 6.26. The predicted molar refractivity (Wildman–Crippen MR) is 150 cm³/mol. The van der Waals surface area contributed by atoms with Gasteiger partial charge in [-0.25, -0.2) is 9.67 Å². The third-order valence-electron chi connectivity index (χ3n) is 7.47. The number of fused-ring (bicyclic) bond motifs is 2. The molecule has 38 heavy (non-hydrogen) atoms. The molecule has 0 unspecified atom stereocenters. The van der Waals surface area contributed by atoms with Crippen molar-refractivity contribution in [3.05, 3.63) is 78.2 Å². The van der Waals surface area contributed by atoms with Crippen LogP contribution in [0.2, 0.25) is 0 Å². The summed E-state index contributed by atoms with van der Waals surface area (Å²) in [5, 5.41) is 30.4. The Hall–Kier alpha value is -4.28. The van der Waals surface area contributed by atoms with E-state index in [2.05, 4.69) is 37.4 Å². The first-order chi connectivity index (χ1) is 18.5. The van der Waals surface area contributed by atoms with Crippen LogP contribution in [0.3, 0.4) is 0 Å². The van der Waals surface area contributed by atoms with E-state index in [4.69, 9.17) is 15.1 Å². The zero-order valence-corrected chi connectivity index (χ0v) is 21.6. The molecule has 1 fully saturated rings. The van der Waals surface area contributed by atoms with E-state index < -0.39 is 0 Å². The first-order valence-electron chi connectivity index (χ1n) is 13.2. The molecule has 0 radical (unpaired) electrons. The third kappa shape index (κ3) is 4.37. The minimum absolute atomic E-state index is 0.180. The van der Waals surface area contributed by atoms with Gasteiger partial charge in [0.15, 0.2) is 5.65 Å². The summed E-state index contributed by atoms with van der Waals surface area (Å²) in [5.74, 6) is 0.180. The molecule has 0 amide bonds. The summed E-state index contributed by atoms with van der Waals surface area (Å²) in [7, 11) is 0. The normalized spacial score (nSPS) is 17.7. The first-order valence-corrected chi connectivity index (χ1v) is 13.2. The highest BCUT2D eigenvalue weighted by atomic mass is 16.3. The Morgan fingerprint density at radius 3 is 2.63 bits per heavy atom. The molecule has 6 rings (SSSR count). The van der Waals surface area contributed by atoms with Crippen LogP contribution in [-0.2, 0) is 0 Å². The average molecular weight is 503 g/mol. The first kappa shape index (κ1) is 24.1. The lowest BCUT2D eigenvalue weighted by molar-refractivity contribution is 0.126. The minimum atomic E-state index is -0.224. The summed E-state index contributed by atoms with van der Waals surface area (Å²) in [6.45, 7) is 4.29. The molecule has 190 valence electrons. The number of nitriles is 1. The van der Waals surface area contributed by atoms with Crippen molar-refractivity contribution in [1.29, 1.82) is 5.26 Å². The van der Waals surface area contributed by atoms with E-state index in [1.165, 1.54) is 0 Å². The molecule has 0 spiro atoms. The van der Waals surface area contributed by atoms with E-state index in [0.717, 1.165) is 75.8 Å². The number of hydrogen-bond donors (Lipinski definition) is 2. The maximum absolute atomic E-state index is 9.89. The lowest BCUT2D eigenvalue weighted by atomic mass is 9.93. The van der Waals surface area contributed by atoms with Crippen LogP contribution < -0.4 is 5.32 Å². The fraction of sp³-hybridized carbons (Fsp3) is 0.290. The van der Waals surface area contributed by atoms with E-state index >= 15 is 0 Å².